The summed E-state index contributed by atoms with van der Waals surface area (Å²) in [5, 5.41) is 34.3. The van der Waals surface area contributed by atoms with Crippen LogP contribution in [0.15, 0.2) is 6.33 Å². The van der Waals surface area contributed by atoms with Gasteiger partial charge in [0.15, 0.2) is 11.9 Å². The number of halogens is 1. The number of carbonyl (C=O) groups excluding carboxylic acids is 1. The lowest BCUT2D eigenvalue weighted by molar-refractivity contribution is -0.0519. The van der Waals surface area contributed by atoms with Crippen LogP contribution in [0.3, 0.4) is 0 Å². The van der Waals surface area contributed by atoms with E-state index in [1.807, 2.05) is 0 Å². The molecule has 0 radical (unpaired) electrons. The Morgan fingerprint density at radius 1 is 1.48 bits per heavy atom. The van der Waals surface area contributed by atoms with Crippen LogP contribution in [-0.4, -0.2) is 59.5 Å². The van der Waals surface area contributed by atoms with Crippen molar-refractivity contribution >= 4 is 34.3 Å². The van der Waals surface area contributed by atoms with Gasteiger partial charge in [0, 0.05) is 0 Å². The molecule has 3 rings (SSSR count). The van der Waals surface area contributed by atoms with E-state index in [0.717, 1.165) is 0 Å². The molecular formula is C10H14IN5O5. The Balaban J connectivity index is 1.97. The zero-order valence-electron chi connectivity index (χ0n) is 10.6. The van der Waals surface area contributed by atoms with Gasteiger partial charge in [0.1, 0.15) is 24.1 Å². The van der Waals surface area contributed by atoms with Gasteiger partial charge in [0.05, 0.1) is 12.9 Å². The molecule has 116 valence electrons. The molecule has 2 aliphatic rings. The van der Waals surface area contributed by atoms with Gasteiger partial charge in [0.2, 0.25) is 3.79 Å². The molecule has 7 N–H and O–H groups in total. The lowest BCUT2D eigenvalue weighted by Gasteiger charge is -2.32. The second-order valence-electron chi connectivity index (χ2n) is 4.87. The topological polar surface area (TPSA) is 155 Å². The van der Waals surface area contributed by atoms with Crippen LogP contribution in [0.2, 0.25) is 0 Å². The third kappa shape index (κ3) is 2.39. The number of amides is 1. The average molecular weight is 411 g/mol. The molecule has 0 aromatic carbocycles. The summed E-state index contributed by atoms with van der Waals surface area (Å²) >= 11 is 1.80. The monoisotopic (exact) mass is 411 g/mol. The number of nitrogens with two attached hydrogens (primary N) is 1. The van der Waals surface area contributed by atoms with Gasteiger partial charge >= 0.3 is 0 Å². The maximum Gasteiger partial charge on any atom is 0.277 e. The Kier molecular flexibility index (Phi) is 3.58. The molecule has 0 saturated carbocycles. The minimum Gasteiger partial charge on any atom is -0.394 e. The van der Waals surface area contributed by atoms with Gasteiger partial charge < -0.3 is 30.7 Å². The smallest absolute Gasteiger partial charge is 0.277 e. The van der Waals surface area contributed by atoms with Gasteiger partial charge in [-0.15, -0.1) is 0 Å². The Morgan fingerprint density at radius 2 is 2.19 bits per heavy atom. The Hall–Kier alpha value is -0.990. The molecule has 1 aromatic heterocycles. The molecule has 2 aliphatic heterocycles. The fraction of sp³-hybridized carbons (Fsp3) is 0.600. The van der Waals surface area contributed by atoms with Gasteiger partial charge in [-0.1, -0.05) is 0 Å². The summed E-state index contributed by atoms with van der Waals surface area (Å²) in [7, 11) is 0. The molecule has 3 heterocycles. The lowest BCUT2D eigenvalue weighted by atomic mass is 10.1. The molecule has 1 saturated heterocycles. The van der Waals surface area contributed by atoms with E-state index in [0.29, 0.717) is 0 Å². The summed E-state index contributed by atoms with van der Waals surface area (Å²) in [6.45, 7) is -0.438. The molecular weight excluding hydrogens is 397 g/mol. The van der Waals surface area contributed by atoms with Crippen molar-refractivity contribution < 1.29 is 24.9 Å². The highest BCUT2D eigenvalue weighted by Crippen LogP contribution is 2.34. The normalized spacial score (nSPS) is 38.8. The second kappa shape index (κ2) is 5.03. The molecule has 1 amide bonds. The number of carbonyl (C=O) groups is 1. The number of aliphatic hydroxyl groups is 3. The zero-order chi connectivity index (χ0) is 15.4. The number of hydrogen-bond acceptors (Lipinski definition) is 8. The maximum absolute atomic E-state index is 11.9. The largest absolute Gasteiger partial charge is 0.394 e. The van der Waals surface area contributed by atoms with Crippen molar-refractivity contribution in [2.24, 2.45) is 5.73 Å². The molecule has 21 heavy (non-hydrogen) atoms. The number of hydrogen-bond donors (Lipinski definition) is 6. The molecule has 11 heteroatoms. The van der Waals surface area contributed by atoms with Crippen molar-refractivity contribution in [2.75, 3.05) is 11.9 Å². The summed E-state index contributed by atoms with van der Waals surface area (Å²) < 4.78 is 5.57. The van der Waals surface area contributed by atoms with Gasteiger partial charge in [-0.25, -0.2) is 4.98 Å². The second-order valence-corrected chi connectivity index (χ2v) is 6.57. The van der Waals surface area contributed by atoms with Crippen molar-refractivity contribution in [3.05, 3.63) is 12.0 Å². The lowest BCUT2D eigenvalue weighted by Crippen LogP contribution is -2.59. The highest BCUT2D eigenvalue weighted by Gasteiger charge is 2.45. The van der Waals surface area contributed by atoms with Crippen LogP contribution in [0.5, 0.6) is 0 Å². The predicted molar refractivity (Wildman–Crippen MR) is 77.3 cm³/mol. The minimum atomic E-state index is -1.27. The number of ether oxygens (including phenoxy) is 1. The van der Waals surface area contributed by atoms with Crippen LogP contribution in [0.1, 0.15) is 16.7 Å². The third-order valence-corrected chi connectivity index (χ3v) is 3.94. The number of nitrogens with one attached hydrogen (secondary N) is 2. The molecule has 1 aromatic rings. The van der Waals surface area contributed by atoms with Crippen molar-refractivity contribution in [1.29, 1.82) is 0 Å². The third-order valence-electron chi connectivity index (χ3n) is 3.40. The van der Waals surface area contributed by atoms with Crippen molar-refractivity contribution in [1.82, 2.24) is 14.9 Å². The van der Waals surface area contributed by atoms with Gasteiger partial charge in [-0.05, 0) is 22.6 Å². The number of rotatable bonds is 2. The number of aromatic nitrogens is 2. The number of anilines is 1. The first-order chi connectivity index (χ1) is 9.84. The summed E-state index contributed by atoms with van der Waals surface area (Å²) in [5.41, 5.74) is 5.94. The van der Waals surface area contributed by atoms with Crippen LogP contribution in [0, 0.1) is 0 Å². The first-order valence-corrected chi connectivity index (χ1v) is 7.19. The molecule has 0 aliphatic carbocycles. The quantitative estimate of drug-likeness (QED) is 0.180. The van der Waals surface area contributed by atoms with E-state index in [1.54, 1.807) is 22.6 Å². The number of nitrogens with zero attached hydrogens (tertiary/aromatic N) is 2. The standard InChI is InChI=1S/C10H14IN5O5/c11-10(12)14-7-4(8(20)15-10)13-2-16(7)9-6(19)5(18)3(1-17)21-9/h2-3,5-6,9,14,17-19H,1,12H2,(H,15,20)/t3-,5-,6-,9-,10?/m1/s1. The van der Waals surface area contributed by atoms with Gasteiger partial charge in [-0.2, -0.15) is 0 Å². The minimum absolute atomic E-state index is 0.102. The van der Waals surface area contributed by atoms with Gasteiger partial charge in [-0.3, -0.25) is 15.1 Å². The maximum atomic E-state index is 11.9. The van der Waals surface area contributed by atoms with Crippen molar-refractivity contribution in [3.8, 4) is 0 Å². The summed E-state index contributed by atoms with van der Waals surface area (Å²) in [6, 6.07) is 0. The Labute approximate surface area is 132 Å². The van der Waals surface area contributed by atoms with Gasteiger partial charge in [0.25, 0.3) is 5.91 Å². The van der Waals surface area contributed by atoms with E-state index >= 15 is 0 Å². The summed E-state index contributed by atoms with van der Waals surface area (Å²) in [4.78, 5) is 15.8. The van der Waals surface area contributed by atoms with E-state index in [9.17, 15) is 15.0 Å². The predicted octanol–water partition coefficient (Wildman–Crippen LogP) is -2.35. The SMILES string of the molecule is NC1(I)NC(=O)c2ncn([C@@H]3O[C@H](CO)[C@@H](O)[C@H]3O)c2N1. The first-order valence-electron chi connectivity index (χ1n) is 6.12. The molecule has 0 bridgehead atoms. The fourth-order valence-electron chi connectivity index (χ4n) is 2.38. The molecule has 1 fully saturated rings. The molecule has 5 atom stereocenters. The van der Waals surface area contributed by atoms with E-state index < -0.39 is 40.8 Å². The summed E-state index contributed by atoms with van der Waals surface area (Å²) in [5.74, 6) is -0.198. The number of imidazole rings is 1. The van der Waals surface area contributed by atoms with Crippen LogP contribution >= 0.6 is 22.6 Å². The first kappa shape index (κ1) is 14.9. The molecule has 10 nitrogen and oxygen atoms in total. The van der Waals surface area contributed by atoms with Crippen molar-refractivity contribution in [3.63, 3.8) is 0 Å². The highest BCUT2D eigenvalue weighted by atomic mass is 127. The highest BCUT2D eigenvalue weighted by molar-refractivity contribution is 14.1. The fourth-order valence-corrected chi connectivity index (χ4v) is 2.88. The Bertz CT molecular complexity index is 578. The zero-order valence-corrected chi connectivity index (χ0v) is 12.8. The number of alkyl halides is 1. The van der Waals surface area contributed by atoms with Crippen LogP contribution < -0.4 is 16.4 Å². The molecule has 0 spiro atoms. The van der Waals surface area contributed by atoms with E-state index in [4.69, 9.17) is 15.6 Å². The van der Waals surface area contributed by atoms with Crippen molar-refractivity contribution in [2.45, 2.75) is 28.3 Å². The van der Waals surface area contributed by atoms with E-state index in [1.165, 1.54) is 10.9 Å². The van der Waals surface area contributed by atoms with Crippen LogP contribution in [0.4, 0.5) is 5.82 Å². The molecule has 1 unspecified atom stereocenters. The number of aliphatic hydroxyl groups excluding tert-OH is 3. The van der Waals surface area contributed by atoms with E-state index in [2.05, 4.69) is 15.6 Å². The average Bonchev–Trinajstić information content (AvgIpc) is 2.92. The summed E-state index contributed by atoms with van der Waals surface area (Å²) in [6.07, 6.45) is -3.11. The van der Waals surface area contributed by atoms with Crippen LogP contribution in [0.25, 0.3) is 0 Å². The number of fused-ring (bicyclic) bond motifs is 1. The van der Waals surface area contributed by atoms with Crippen LogP contribution in [-0.2, 0) is 4.74 Å². The Morgan fingerprint density at radius 3 is 2.81 bits per heavy atom. The van der Waals surface area contributed by atoms with E-state index in [-0.39, 0.29) is 11.5 Å².